The maximum Gasteiger partial charge on any atom is 0.188 e. The second-order valence-corrected chi connectivity index (χ2v) is 5.67. The number of hydrogen-bond acceptors (Lipinski definition) is 6. The van der Waals surface area contributed by atoms with Gasteiger partial charge in [-0.2, -0.15) is 0 Å². The molecule has 3 heterocycles. The first-order chi connectivity index (χ1) is 8.78. The van der Waals surface area contributed by atoms with Crippen molar-refractivity contribution in [1.29, 1.82) is 0 Å². The number of aromatic amines is 1. The topological polar surface area (TPSA) is 48.0 Å². The molecule has 0 unspecified atom stereocenters. The fraction of sp³-hybridized carbons (Fsp3) is 0.545. The number of aromatic nitrogens is 3. The molecule has 0 aliphatic carbocycles. The van der Waals surface area contributed by atoms with Crippen molar-refractivity contribution in [2.45, 2.75) is 6.92 Å². The number of likely N-dealkylation sites (N-methyl/N-ethyl adjacent to an activating group) is 1. The van der Waals surface area contributed by atoms with Gasteiger partial charge >= 0.3 is 0 Å². The third kappa shape index (κ3) is 2.13. The van der Waals surface area contributed by atoms with Gasteiger partial charge in [-0.25, -0.2) is 9.97 Å². The number of rotatable bonds is 2. The van der Waals surface area contributed by atoms with E-state index in [0.29, 0.717) is 4.64 Å². The lowest BCUT2D eigenvalue weighted by atomic mass is 10.3. The van der Waals surface area contributed by atoms with E-state index in [4.69, 9.17) is 12.2 Å². The molecule has 1 fully saturated rings. The van der Waals surface area contributed by atoms with Gasteiger partial charge < -0.3 is 14.8 Å². The number of thiazole rings is 1. The van der Waals surface area contributed by atoms with Gasteiger partial charge in [0.15, 0.2) is 10.8 Å². The van der Waals surface area contributed by atoms with Crippen molar-refractivity contribution in [3.63, 3.8) is 0 Å². The fourth-order valence-corrected chi connectivity index (χ4v) is 3.40. The van der Waals surface area contributed by atoms with Crippen LogP contribution in [0.3, 0.4) is 0 Å². The summed E-state index contributed by atoms with van der Waals surface area (Å²) in [5, 5.41) is 1.05. The van der Waals surface area contributed by atoms with Gasteiger partial charge in [0.05, 0.1) is 6.33 Å². The highest BCUT2D eigenvalue weighted by atomic mass is 32.1. The van der Waals surface area contributed by atoms with Crippen LogP contribution < -0.4 is 4.90 Å². The van der Waals surface area contributed by atoms with E-state index in [9.17, 15) is 0 Å². The molecular formula is C11H15N5S2. The summed E-state index contributed by atoms with van der Waals surface area (Å²) >= 11 is 6.86. The highest BCUT2D eigenvalue weighted by molar-refractivity contribution is 7.71. The van der Waals surface area contributed by atoms with Crippen molar-refractivity contribution in [1.82, 2.24) is 19.9 Å². The number of hydrogen-bond donors (Lipinski definition) is 1. The van der Waals surface area contributed by atoms with Gasteiger partial charge in [-0.3, -0.25) is 0 Å². The van der Waals surface area contributed by atoms with Crippen LogP contribution in [-0.2, 0) is 0 Å². The number of nitrogens with one attached hydrogen (secondary N) is 1. The summed E-state index contributed by atoms with van der Waals surface area (Å²) in [5.74, 6) is 0. The van der Waals surface area contributed by atoms with Gasteiger partial charge in [0, 0.05) is 26.2 Å². The molecule has 1 N–H and O–H groups in total. The van der Waals surface area contributed by atoms with E-state index in [0.717, 1.165) is 48.2 Å². The highest BCUT2D eigenvalue weighted by Gasteiger charge is 2.19. The zero-order valence-corrected chi connectivity index (χ0v) is 11.9. The lowest BCUT2D eigenvalue weighted by molar-refractivity contribution is 0.271. The first-order valence-corrected chi connectivity index (χ1v) is 7.32. The molecule has 2 aromatic rings. The Kier molecular flexibility index (Phi) is 3.27. The van der Waals surface area contributed by atoms with Crippen molar-refractivity contribution >= 4 is 39.0 Å². The van der Waals surface area contributed by atoms with E-state index in [-0.39, 0.29) is 0 Å². The summed E-state index contributed by atoms with van der Waals surface area (Å²) < 4.78 is 1.63. The number of nitrogens with zero attached hydrogens (tertiary/aromatic N) is 4. The normalized spacial score (nSPS) is 17.5. The highest BCUT2D eigenvalue weighted by Crippen LogP contribution is 2.28. The molecule has 0 amide bonds. The number of piperazine rings is 1. The molecule has 0 spiro atoms. The van der Waals surface area contributed by atoms with Gasteiger partial charge in [-0.1, -0.05) is 30.5 Å². The van der Waals surface area contributed by atoms with Crippen LogP contribution in [-0.4, -0.2) is 52.6 Å². The third-order valence-corrected chi connectivity index (χ3v) is 4.84. The van der Waals surface area contributed by atoms with E-state index < -0.39 is 0 Å². The van der Waals surface area contributed by atoms with Crippen LogP contribution in [0.1, 0.15) is 6.92 Å². The summed E-state index contributed by atoms with van der Waals surface area (Å²) in [5.41, 5.74) is 0.855. The van der Waals surface area contributed by atoms with Gasteiger partial charge in [0.1, 0.15) is 9.34 Å². The van der Waals surface area contributed by atoms with Gasteiger partial charge in [-0.15, -0.1) is 0 Å². The average molecular weight is 281 g/mol. The van der Waals surface area contributed by atoms with Crippen molar-refractivity contribution in [2.75, 3.05) is 37.6 Å². The van der Waals surface area contributed by atoms with Crippen LogP contribution in [0, 0.1) is 4.64 Å². The lowest BCUT2D eigenvalue weighted by Crippen LogP contribution is -2.46. The van der Waals surface area contributed by atoms with Crippen LogP contribution in [0.15, 0.2) is 6.33 Å². The minimum Gasteiger partial charge on any atom is -0.345 e. The maximum atomic E-state index is 5.22. The molecule has 1 aliphatic rings. The minimum atomic E-state index is 0.639. The Hall–Kier alpha value is -1.05. The van der Waals surface area contributed by atoms with Crippen molar-refractivity contribution in [2.24, 2.45) is 0 Å². The number of anilines is 1. The molecule has 7 heteroatoms. The average Bonchev–Trinajstić information content (AvgIpc) is 2.84. The minimum absolute atomic E-state index is 0.639. The molecule has 2 aromatic heterocycles. The van der Waals surface area contributed by atoms with Crippen molar-refractivity contribution < 1.29 is 0 Å². The van der Waals surface area contributed by atoms with Crippen LogP contribution in [0.4, 0.5) is 5.13 Å². The summed E-state index contributed by atoms with van der Waals surface area (Å²) in [6.45, 7) is 7.62. The summed E-state index contributed by atoms with van der Waals surface area (Å²) in [7, 11) is 0. The van der Waals surface area contributed by atoms with Crippen molar-refractivity contribution in [3.8, 4) is 0 Å². The van der Waals surface area contributed by atoms with Crippen LogP contribution in [0.2, 0.25) is 0 Å². The molecule has 0 bridgehead atoms. The molecular weight excluding hydrogens is 266 g/mol. The van der Waals surface area contributed by atoms with Crippen LogP contribution in [0.25, 0.3) is 10.3 Å². The molecule has 18 heavy (non-hydrogen) atoms. The molecule has 0 aromatic carbocycles. The van der Waals surface area contributed by atoms with Crippen LogP contribution >= 0.6 is 23.6 Å². The molecule has 0 atom stereocenters. The number of fused-ring (bicyclic) bond motifs is 1. The second kappa shape index (κ2) is 4.91. The summed E-state index contributed by atoms with van der Waals surface area (Å²) in [6.07, 6.45) is 1.61. The van der Waals surface area contributed by atoms with E-state index in [2.05, 4.69) is 31.7 Å². The Balaban J connectivity index is 1.87. The Morgan fingerprint density at radius 3 is 2.83 bits per heavy atom. The second-order valence-electron chi connectivity index (χ2n) is 4.30. The predicted octanol–water partition coefficient (Wildman–Crippen LogP) is 1.89. The van der Waals surface area contributed by atoms with Gasteiger partial charge in [-0.05, 0) is 6.54 Å². The SMILES string of the molecule is CCN1CCN(c2nc3[nH]cnc(=S)c3s2)CC1. The van der Waals surface area contributed by atoms with E-state index in [1.165, 1.54) is 0 Å². The largest absolute Gasteiger partial charge is 0.345 e. The Bertz CT molecular complexity index is 597. The van der Waals surface area contributed by atoms with Crippen LogP contribution in [0.5, 0.6) is 0 Å². The zero-order valence-electron chi connectivity index (χ0n) is 10.2. The lowest BCUT2D eigenvalue weighted by Gasteiger charge is -2.33. The van der Waals surface area contributed by atoms with E-state index in [1.54, 1.807) is 17.7 Å². The third-order valence-electron chi connectivity index (χ3n) is 3.28. The monoisotopic (exact) mass is 281 g/mol. The molecule has 0 saturated carbocycles. The molecule has 3 rings (SSSR count). The maximum absolute atomic E-state index is 5.22. The summed E-state index contributed by atoms with van der Waals surface area (Å²) in [6, 6.07) is 0. The van der Waals surface area contributed by atoms with Crippen molar-refractivity contribution in [3.05, 3.63) is 11.0 Å². The fourth-order valence-electron chi connectivity index (χ4n) is 2.15. The Morgan fingerprint density at radius 2 is 2.17 bits per heavy atom. The first kappa shape index (κ1) is 12.0. The standard InChI is InChI=1S/C11H15N5S2/c1-2-15-3-5-16(6-4-15)11-14-9-8(18-11)10(17)13-7-12-9/h7H,2-6H2,1H3,(H,12,13,17). The molecule has 5 nitrogen and oxygen atoms in total. The number of H-pyrrole nitrogens is 1. The first-order valence-electron chi connectivity index (χ1n) is 6.09. The van der Waals surface area contributed by atoms with E-state index >= 15 is 0 Å². The zero-order chi connectivity index (χ0) is 12.5. The van der Waals surface area contributed by atoms with Gasteiger partial charge in [0.25, 0.3) is 0 Å². The quantitative estimate of drug-likeness (QED) is 0.852. The summed E-state index contributed by atoms with van der Waals surface area (Å²) in [4.78, 5) is 16.5. The molecule has 1 aliphatic heterocycles. The molecule has 1 saturated heterocycles. The Morgan fingerprint density at radius 1 is 1.39 bits per heavy atom. The van der Waals surface area contributed by atoms with Gasteiger partial charge in [0.2, 0.25) is 0 Å². The molecule has 96 valence electrons. The Labute approximate surface area is 114 Å². The smallest absolute Gasteiger partial charge is 0.188 e. The van der Waals surface area contributed by atoms with E-state index in [1.807, 2.05) is 0 Å². The molecule has 0 radical (unpaired) electrons. The predicted molar refractivity (Wildman–Crippen MR) is 76.9 cm³/mol.